The summed E-state index contributed by atoms with van der Waals surface area (Å²) in [6.07, 6.45) is 1.97. The number of hydrogen-bond acceptors (Lipinski definition) is 3. The molecule has 0 aliphatic carbocycles. The van der Waals surface area contributed by atoms with E-state index in [9.17, 15) is 8.78 Å². The molecule has 1 aromatic carbocycles. The first-order valence-electron chi connectivity index (χ1n) is 6.38. The quantitative estimate of drug-likeness (QED) is 0.828. The maximum atomic E-state index is 12.3. The molecule has 2 aromatic rings. The lowest BCUT2D eigenvalue weighted by atomic mass is 10.1. The summed E-state index contributed by atoms with van der Waals surface area (Å²) in [7, 11) is 1.87. The van der Waals surface area contributed by atoms with Crippen LogP contribution in [0.1, 0.15) is 12.5 Å². The maximum Gasteiger partial charge on any atom is 0.288 e. The Labute approximate surface area is 121 Å². The zero-order valence-corrected chi connectivity index (χ0v) is 12.3. The lowest BCUT2D eigenvalue weighted by molar-refractivity contribution is 0.252. The van der Waals surface area contributed by atoms with Crippen molar-refractivity contribution in [2.45, 2.75) is 24.1 Å². The Bertz CT molecular complexity index is 552. The van der Waals surface area contributed by atoms with Crippen molar-refractivity contribution in [2.24, 2.45) is 7.05 Å². The molecule has 1 heterocycles. The topological polar surface area (TPSA) is 29.9 Å². The third-order valence-corrected chi connectivity index (χ3v) is 3.55. The monoisotopic (exact) mass is 297 g/mol. The van der Waals surface area contributed by atoms with E-state index in [-0.39, 0.29) is 0 Å². The zero-order valence-electron chi connectivity index (χ0n) is 11.4. The number of aryl methyl sites for hydroxylation is 1. The second kappa shape index (κ2) is 6.85. The summed E-state index contributed by atoms with van der Waals surface area (Å²) in [5.41, 5.74) is 2.93. The minimum atomic E-state index is -2.39. The van der Waals surface area contributed by atoms with Gasteiger partial charge in [-0.15, -0.1) is 0 Å². The van der Waals surface area contributed by atoms with Gasteiger partial charge in [-0.3, -0.25) is 4.68 Å². The summed E-state index contributed by atoms with van der Waals surface area (Å²) < 4.78 is 26.3. The fourth-order valence-corrected chi connectivity index (χ4v) is 2.46. The number of thioether (sulfide) groups is 1. The summed E-state index contributed by atoms with van der Waals surface area (Å²) >= 11 is 0.554. The van der Waals surface area contributed by atoms with Crippen LogP contribution in [0.2, 0.25) is 0 Å². The van der Waals surface area contributed by atoms with E-state index in [1.54, 1.807) is 16.8 Å². The van der Waals surface area contributed by atoms with Crippen molar-refractivity contribution >= 4 is 11.8 Å². The highest BCUT2D eigenvalue weighted by molar-refractivity contribution is 7.99. The smallest absolute Gasteiger partial charge is 0.288 e. The van der Waals surface area contributed by atoms with Crippen LogP contribution in [0.25, 0.3) is 11.3 Å². The average molecular weight is 297 g/mol. The van der Waals surface area contributed by atoms with Gasteiger partial charge in [0.15, 0.2) is 0 Å². The van der Waals surface area contributed by atoms with Crippen LogP contribution in [0.5, 0.6) is 0 Å². The van der Waals surface area contributed by atoms with Crippen LogP contribution in [-0.2, 0) is 13.6 Å². The standard InChI is InChI=1S/C14H17F2N3S/c1-3-17-8-11-9-19(2)18-13(11)10-4-6-12(7-5-10)20-14(15)16/h4-7,9,14,17H,3,8H2,1-2H3. The summed E-state index contributed by atoms with van der Waals surface area (Å²) in [6, 6.07) is 7.08. The molecular weight excluding hydrogens is 280 g/mol. The van der Waals surface area contributed by atoms with E-state index in [1.165, 1.54) is 0 Å². The van der Waals surface area contributed by atoms with Crippen molar-refractivity contribution in [3.05, 3.63) is 36.0 Å². The molecule has 0 saturated heterocycles. The second-order valence-electron chi connectivity index (χ2n) is 4.36. The molecule has 0 radical (unpaired) electrons. The Balaban J connectivity index is 2.22. The van der Waals surface area contributed by atoms with Gasteiger partial charge in [0.25, 0.3) is 5.76 Å². The number of nitrogens with one attached hydrogen (secondary N) is 1. The van der Waals surface area contributed by atoms with Crippen LogP contribution in [0.3, 0.4) is 0 Å². The van der Waals surface area contributed by atoms with Gasteiger partial charge >= 0.3 is 0 Å². The third kappa shape index (κ3) is 3.80. The van der Waals surface area contributed by atoms with E-state index < -0.39 is 5.76 Å². The maximum absolute atomic E-state index is 12.3. The van der Waals surface area contributed by atoms with E-state index in [1.807, 2.05) is 32.3 Å². The highest BCUT2D eigenvalue weighted by atomic mass is 32.2. The van der Waals surface area contributed by atoms with Crippen molar-refractivity contribution < 1.29 is 8.78 Å². The molecule has 3 nitrogen and oxygen atoms in total. The fourth-order valence-electron chi connectivity index (χ4n) is 1.96. The number of hydrogen-bond donors (Lipinski definition) is 1. The van der Waals surface area contributed by atoms with E-state index in [4.69, 9.17) is 0 Å². The largest absolute Gasteiger partial charge is 0.313 e. The molecule has 20 heavy (non-hydrogen) atoms. The van der Waals surface area contributed by atoms with Crippen LogP contribution < -0.4 is 5.32 Å². The molecule has 0 amide bonds. The van der Waals surface area contributed by atoms with Gasteiger partial charge in [-0.2, -0.15) is 13.9 Å². The van der Waals surface area contributed by atoms with Crippen molar-refractivity contribution in [3.8, 4) is 11.3 Å². The molecule has 108 valence electrons. The number of nitrogens with zero attached hydrogens (tertiary/aromatic N) is 2. The van der Waals surface area contributed by atoms with Gasteiger partial charge in [-0.1, -0.05) is 30.8 Å². The molecule has 0 saturated carbocycles. The number of alkyl halides is 2. The van der Waals surface area contributed by atoms with Crippen molar-refractivity contribution in [3.63, 3.8) is 0 Å². The van der Waals surface area contributed by atoms with Crippen LogP contribution in [0.4, 0.5) is 8.78 Å². The SMILES string of the molecule is CCNCc1cn(C)nc1-c1ccc(SC(F)F)cc1. The van der Waals surface area contributed by atoms with E-state index in [0.717, 1.165) is 29.9 Å². The fraction of sp³-hybridized carbons (Fsp3) is 0.357. The minimum absolute atomic E-state index is 0.554. The van der Waals surface area contributed by atoms with Gasteiger partial charge in [0.2, 0.25) is 0 Å². The van der Waals surface area contributed by atoms with Gasteiger partial charge in [0, 0.05) is 35.8 Å². The van der Waals surface area contributed by atoms with Crippen LogP contribution in [0, 0.1) is 0 Å². The summed E-state index contributed by atoms with van der Waals surface area (Å²) in [6.45, 7) is 3.68. The Kier molecular flexibility index (Phi) is 5.14. The first-order valence-corrected chi connectivity index (χ1v) is 7.26. The van der Waals surface area contributed by atoms with Crippen molar-refractivity contribution in [2.75, 3.05) is 6.54 Å². The Morgan fingerprint density at radius 3 is 2.60 bits per heavy atom. The Morgan fingerprint density at radius 1 is 1.30 bits per heavy atom. The Hall–Kier alpha value is -1.40. The van der Waals surface area contributed by atoms with Crippen LogP contribution in [-0.4, -0.2) is 22.1 Å². The number of aromatic nitrogens is 2. The third-order valence-electron chi connectivity index (χ3n) is 2.82. The molecule has 0 unspecified atom stereocenters. The molecule has 1 aromatic heterocycles. The summed E-state index contributed by atoms with van der Waals surface area (Å²) in [5, 5.41) is 7.72. The number of rotatable bonds is 6. The average Bonchev–Trinajstić information content (AvgIpc) is 2.78. The molecule has 1 N–H and O–H groups in total. The molecule has 0 fully saturated rings. The lowest BCUT2D eigenvalue weighted by Crippen LogP contribution is -2.11. The van der Waals surface area contributed by atoms with Gasteiger partial charge in [0.1, 0.15) is 0 Å². The van der Waals surface area contributed by atoms with E-state index in [2.05, 4.69) is 10.4 Å². The first-order chi connectivity index (χ1) is 9.60. The minimum Gasteiger partial charge on any atom is -0.313 e. The molecule has 0 spiro atoms. The molecular formula is C14H17F2N3S. The van der Waals surface area contributed by atoms with Crippen molar-refractivity contribution in [1.29, 1.82) is 0 Å². The predicted octanol–water partition coefficient (Wildman–Crippen LogP) is 3.51. The van der Waals surface area contributed by atoms with E-state index in [0.29, 0.717) is 16.7 Å². The van der Waals surface area contributed by atoms with Gasteiger partial charge in [-0.25, -0.2) is 0 Å². The van der Waals surface area contributed by atoms with Crippen LogP contribution >= 0.6 is 11.8 Å². The van der Waals surface area contributed by atoms with E-state index >= 15 is 0 Å². The highest BCUT2D eigenvalue weighted by Crippen LogP contribution is 2.28. The lowest BCUT2D eigenvalue weighted by Gasteiger charge is -2.04. The van der Waals surface area contributed by atoms with Gasteiger partial charge in [0.05, 0.1) is 5.69 Å². The molecule has 0 aliphatic heterocycles. The number of halogens is 2. The van der Waals surface area contributed by atoms with Gasteiger partial charge < -0.3 is 5.32 Å². The Morgan fingerprint density at radius 2 is 2.00 bits per heavy atom. The normalized spacial score (nSPS) is 11.2. The highest BCUT2D eigenvalue weighted by Gasteiger charge is 2.11. The predicted molar refractivity (Wildman–Crippen MR) is 77.9 cm³/mol. The molecule has 0 aliphatic rings. The number of benzene rings is 1. The van der Waals surface area contributed by atoms with Crippen molar-refractivity contribution in [1.82, 2.24) is 15.1 Å². The van der Waals surface area contributed by atoms with Gasteiger partial charge in [-0.05, 0) is 18.7 Å². The van der Waals surface area contributed by atoms with Crippen LogP contribution in [0.15, 0.2) is 35.4 Å². The summed E-state index contributed by atoms with van der Waals surface area (Å²) in [5.74, 6) is -2.39. The first kappa shape index (κ1) is 15.0. The second-order valence-corrected chi connectivity index (χ2v) is 5.42. The summed E-state index contributed by atoms with van der Waals surface area (Å²) in [4.78, 5) is 0.563. The molecule has 0 bridgehead atoms. The molecule has 6 heteroatoms. The molecule has 0 atom stereocenters. The zero-order chi connectivity index (χ0) is 14.5. The molecule has 2 rings (SSSR count).